The third-order valence-corrected chi connectivity index (χ3v) is 6.62. The number of nitrogens with zero attached hydrogens (tertiary/aromatic N) is 1. The van der Waals surface area contributed by atoms with E-state index in [1.54, 1.807) is 0 Å². The molecule has 2 aliphatic heterocycles. The average Bonchev–Trinajstić information content (AvgIpc) is 3.08. The molecule has 2 amide bonds. The number of carbonyl (C=O) groups excluding carboxylic acids is 3. The SMILES string of the molecule is O=C(CCCC[C@@H]1CCSS1)OCCN1C(=O)CCC1=O. The summed E-state index contributed by atoms with van der Waals surface area (Å²) in [6, 6.07) is 0. The Bertz CT molecular complexity index is 380. The first-order valence-electron chi connectivity index (χ1n) is 7.44. The van der Waals surface area contributed by atoms with E-state index in [1.165, 1.54) is 23.5 Å². The maximum absolute atomic E-state index is 11.6. The molecular weight excluding hydrogens is 310 g/mol. The Balaban J connectivity index is 1.49. The van der Waals surface area contributed by atoms with Gasteiger partial charge in [-0.05, 0) is 19.3 Å². The fourth-order valence-corrected chi connectivity index (χ4v) is 5.43. The van der Waals surface area contributed by atoms with E-state index in [1.807, 2.05) is 21.6 Å². The number of likely N-dealkylation sites (tertiary alicyclic amines) is 1. The summed E-state index contributed by atoms with van der Waals surface area (Å²) in [5, 5.41) is 0.748. The fourth-order valence-electron chi connectivity index (χ4n) is 2.40. The fraction of sp³-hybridized carbons (Fsp3) is 0.786. The second kappa shape index (κ2) is 8.68. The summed E-state index contributed by atoms with van der Waals surface area (Å²) >= 11 is 0. The van der Waals surface area contributed by atoms with Crippen molar-refractivity contribution in [1.82, 2.24) is 4.90 Å². The molecule has 0 unspecified atom stereocenters. The largest absolute Gasteiger partial charge is 0.464 e. The average molecular weight is 331 g/mol. The van der Waals surface area contributed by atoms with Crippen molar-refractivity contribution in [3.63, 3.8) is 0 Å². The lowest BCUT2D eigenvalue weighted by Gasteiger charge is -2.13. The van der Waals surface area contributed by atoms with Gasteiger partial charge in [-0.1, -0.05) is 28.0 Å². The third kappa shape index (κ3) is 5.54. The Morgan fingerprint density at radius 1 is 1.24 bits per heavy atom. The van der Waals surface area contributed by atoms with E-state index in [2.05, 4.69) is 0 Å². The Hall–Kier alpha value is -0.690. The lowest BCUT2D eigenvalue weighted by Crippen LogP contribution is -2.32. The van der Waals surface area contributed by atoms with Gasteiger partial charge in [-0.15, -0.1) is 0 Å². The van der Waals surface area contributed by atoms with E-state index in [0.29, 0.717) is 6.42 Å². The smallest absolute Gasteiger partial charge is 0.305 e. The van der Waals surface area contributed by atoms with Crippen LogP contribution < -0.4 is 0 Å². The number of esters is 1. The van der Waals surface area contributed by atoms with Gasteiger partial charge in [-0.25, -0.2) is 0 Å². The highest BCUT2D eigenvalue weighted by Gasteiger charge is 2.28. The van der Waals surface area contributed by atoms with Gasteiger partial charge in [0.05, 0.1) is 6.54 Å². The summed E-state index contributed by atoms with van der Waals surface area (Å²) in [5.74, 6) is 0.680. The van der Waals surface area contributed by atoms with E-state index < -0.39 is 0 Å². The zero-order valence-electron chi connectivity index (χ0n) is 12.0. The summed E-state index contributed by atoms with van der Waals surface area (Å²) in [7, 11) is 3.90. The standard InChI is InChI=1S/C14H21NO4S2/c16-12-5-6-13(17)15(12)8-9-19-14(18)4-2-1-3-11-7-10-20-21-11/h11H,1-10H2/t11-/m1/s1. The van der Waals surface area contributed by atoms with Crippen LogP contribution in [0.4, 0.5) is 0 Å². The summed E-state index contributed by atoms with van der Waals surface area (Å²) < 4.78 is 5.08. The van der Waals surface area contributed by atoms with Crippen LogP contribution in [0.1, 0.15) is 44.9 Å². The molecule has 0 radical (unpaired) electrons. The molecule has 0 N–H and O–H groups in total. The van der Waals surface area contributed by atoms with Gasteiger partial charge in [0.25, 0.3) is 0 Å². The highest BCUT2D eigenvalue weighted by Crippen LogP contribution is 2.39. The van der Waals surface area contributed by atoms with Crippen LogP contribution in [0.15, 0.2) is 0 Å². The van der Waals surface area contributed by atoms with Gasteiger partial charge in [0.1, 0.15) is 6.61 Å². The highest BCUT2D eigenvalue weighted by atomic mass is 33.1. The van der Waals surface area contributed by atoms with E-state index >= 15 is 0 Å². The molecule has 118 valence electrons. The molecule has 21 heavy (non-hydrogen) atoms. The molecular formula is C14H21NO4S2. The number of amides is 2. The Kier molecular flexibility index (Phi) is 6.89. The van der Waals surface area contributed by atoms with E-state index in [9.17, 15) is 14.4 Å². The minimum Gasteiger partial charge on any atom is -0.464 e. The second-order valence-electron chi connectivity index (χ2n) is 5.23. The summed E-state index contributed by atoms with van der Waals surface area (Å²) in [6.07, 6.45) is 5.33. The predicted molar refractivity (Wildman–Crippen MR) is 83.8 cm³/mol. The van der Waals surface area contributed by atoms with Crippen LogP contribution >= 0.6 is 21.6 Å². The van der Waals surface area contributed by atoms with Crippen LogP contribution in [0.5, 0.6) is 0 Å². The van der Waals surface area contributed by atoms with Gasteiger partial charge in [0, 0.05) is 30.3 Å². The van der Waals surface area contributed by atoms with Crippen molar-refractivity contribution in [2.45, 2.75) is 50.2 Å². The molecule has 0 spiro atoms. The molecule has 2 saturated heterocycles. The lowest BCUT2D eigenvalue weighted by molar-refractivity contribution is -0.148. The van der Waals surface area contributed by atoms with Crippen molar-refractivity contribution in [2.24, 2.45) is 0 Å². The minimum atomic E-state index is -0.234. The van der Waals surface area contributed by atoms with Crippen molar-refractivity contribution in [2.75, 3.05) is 18.9 Å². The van der Waals surface area contributed by atoms with Gasteiger partial charge in [-0.3, -0.25) is 19.3 Å². The maximum Gasteiger partial charge on any atom is 0.305 e. The molecule has 0 bridgehead atoms. The predicted octanol–water partition coefficient (Wildman–Crippen LogP) is 2.39. The van der Waals surface area contributed by atoms with Crippen molar-refractivity contribution >= 4 is 39.4 Å². The van der Waals surface area contributed by atoms with Crippen molar-refractivity contribution in [3.05, 3.63) is 0 Å². The van der Waals surface area contributed by atoms with Gasteiger partial charge in [-0.2, -0.15) is 0 Å². The number of carbonyl (C=O) groups is 3. The molecule has 2 rings (SSSR count). The zero-order chi connectivity index (χ0) is 15.1. The van der Waals surface area contributed by atoms with E-state index in [4.69, 9.17) is 4.74 Å². The van der Waals surface area contributed by atoms with Crippen LogP contribution in [-0.4, -0.2) is 46.8 Å². The molecule has 2 aliphatic rings. The van der Waals surface area contributed by atoms with E-state index in [0.717, 1.165) is 18.1 Å². The topological polar surface area (TPSA) is 63.7 Å². The van der Waals surface area contributed by atoms with Crippen molar-refractivity contribution in [3.8, 4) is 0 Å². The Morgan fingerprint density at radius 3 is 2.67 bits per heavy atom. The molecule has 0 aromatic heterocycles. The van der Waals surface area contributed by atoms with Gasteiger partial charge in [0.15, 0.2) is 0 Å². The number of imide groups is 1. The molecule has 0 aromatic carbocycles. The van der Waals surface area contributed by atoms with Gasteiger partial charge < -0.3 is 4.74 Å². The van der Waals surface area contributed by atoms with Crippen LogP contribution in [0.2, 0.25) is 0 Å². The quantitative estimate of drug-likeness (QED) is 0.294. The first-order chi connectivity index (χ1) is 10.2. The number of hydrogen-bond acceptors (Lipinski definition) is 6. The number of unbranched alkanes of at least 4 members (excludes halogenated alkanes) is 1. The molecule has 2 heterocycles. The van der Waals surface area contributed by atoms with Gasteiger partial charge in [0.2, 0.25) is 11.8 Å². The number of rotatable bonds is 8. The molecule has 0 saturated carbocycles. The Morgan fingerprint density at radius 2 is 2.00 bits per heavy atom. The normalized spacial score (nSPS) is 22.1. The molecule has 2 fully saturated rings. The van der Waals surface area contributed by atoms with Crippen LogP contribution in [-0.2, 0) is 19.1 Å². The molecule has 1 atom stereocenters. The lowest BCUT2D eigenvalue weighted by atomic mass is 10.1. The molecule has 5 nitrogen and oxygen atoms in total. The van der Waals surface area contributed by atoms with Crippen molar-refractivity contribution < 1.29 is 19.1 Å². The highest BCUT2D eigenvalue weighted by molar-refractivity contribution is 8.77. The summed E-state index contributed by atoms with van der Waals surface area (Å²) in [5.41, 5.74) is 0. The monoisotopic (exact) mass is 331 g/mol. The Labute approximate surface area is 132 Å². The van der Waals surface area contributed by atoms with Gasteiger partial charge >= 0.3 is 5.97 Å². The van der Waals surface area contributed by atoms with Crippen LogP contribution in [0, 0.1) is 0 Å². The number of hydrogen-bond donors (Lipinski definition) is 0. The molecule has 7 heteroatoms. The third-order valence-electron chi connectivity index (χ3n) is 3.62. The minimum absolute atomic E-state index is 0.116. The second-order valence-corrected chi connectivity index (χ2v) is 8.02. The first-order valence-corrected chi connectivity index (χ1v) is 9.82. The van der Waals surface area contributed by atoms with Crippen LogP contribution in [0.3, 0.4) is 0 Å². The van der Waals surface area contributed by atoms with Crippen LogP contribution in [0.25, 0.3) is 0 Å². The molecule has 0 aliphatic carbocycles. The zero-order valence-corrected chi connectivity index (χ0v) is 13.7. The maximum atomic E-state index is 11.6. The number of ether oxygens (including phenoxy) is 1. The first kappa shape index (κ1) is 16.7. The molecule has 0 aromatic rings. The summed E-state index contributed by atoms with van der Waals surface area (Å²) in [6.45, 7) is 0.310. The van der Waals surface area contributed by atoms with E-state index in [-0.39, 0.29) is 43.8 Å². The summed E-state index contributed by atoms with van der Waals surface area (Å²) in [4.78, 5) is 35.5. The van der Waals surface area contributed by atoms with Crippen molar-refractivity contribution in [1.29, 1.82) is 0 Å².